The quantitative estimate of drug-likeness (QED) is 0.698. The second-order valence-electron chi connectivity index (χ2n) is 5.62. The maximum Gasteiger partial charge on any atom is 0.181 e. The summed E-state index contributed by atoms with van der Waals surface area (Å²) >= 11 is 6.18. The molecule has 0 radical (unpaired) electrons. The van der Waals surface area contributed by atoms with Crippen LogP contribution in [0.2, 0.25) is 5.02 Å². The summed E-state index contributed by atoms with van der Waals surface area (Å²) < 4.78 is 11.6. The van der Waals surface area contributed by atoms with E-state index in [0.717, 1.165) is 38.8 Å². The van der Waals surface area contributed by atoms with Gasteiger partial charge in [-0.1, -0.05) is 23.7 Å². The molecule has 3 aromatic rings. The summed E-state index contributed by atoms with van der Waals surface area (Å²) in [5, 5.41) is 3.90. The van der Waals surface area contributed by atoms with Crippen LogP contribution >= 0.6 is 11.6 Å². The minimum absolute atomic E-state index is 0.706. The van der Waals surface area contributed by atoms with E-state index in [1.165, 1.54) is 6.39 Å². The van der Waals surface area contributed by atoms with Gasteiger partial charge in [-0.2, -0.15) is 0 Å². The summed E-state index contributed by atoms with van der Waals surface area (Å²) in [6.07, 6.45) is 3.11. The molecule has 24 heavy (non-hydrogen) atoms. The zero-order valence-corrected chi connectivity index (χ0v) is 14.6. The Bertz CT molecular complexity index is 845. The van der Waals surface area contributed by atoms with Crippen LogP contribution in [0.3, 0.4) is 0 Å². The van der Waals surface area contributed by atoms with Crippen molar-refractivity contribution in [2.24, 2.45) is 0 Å². The Balaban J connectivity index is 2.02. The van der Waals surface area contributed by atoms with Gasteiger partial charge in [-0.3, -0.25) is 0 Å². The van der Waals surface area contributed by atoms with Crippen molar-refractivity contribution < 1.29 is 9.15 Å². The second kappa shape index (κ2) is 7.07. The van der Waals surface area contributed by atoms with Gasteiger partial charge in [-0.25, -0.2) is 4.98 Å². The SMILES string of the molecule is CNCc1ccc(-c2cnco2)cc1Oc1ccc(Cl)c(C)c1C. The molecule has 4 nitrogen and oxygen atoms in total. The summed E-state index contributed by atoms with van der Waals surface area (Å²) in [5.74, 6) is 2.28. The number of halogens is 1. The first kappa shape index (κ1) is 16.6. The molecule has 124 valence electrons. The first-order valence-corrected chi connectivity index (χ1v) is 8.08. The van der Waals surface area contributed by atoms with Crippen LogP contribution < -0.4 is 10.1 Å². The molecule has 0 saturated heterocycles. The Kier molecular flexibility index (Phi) is 4.88. The Hall–Kier alpha value is -2.30. The molecule has 0 saturated carbocycles. The standard InChI is InChI=1S/C19H19ClN2O2/c1-12-13(2)17(7-6-16(12)20)24-18-8-14(19-10-22-11-23-19)4-5-15(18)9-21-3/h4-8,10-11,21H,9H2,1-3H3. The van der Waals surface area contributed by atoms with E-state index in [0.29, 0.717) is 12.3 Å². The summed E-state index contributed by atoms with van der Waals surface area (Å²) in [4.78, 5) is 3.97. The number of hydrogen-bond donors (Lipinski definition) is 1. The summed E-state index contributed by atoms with van der Waals surface area (Å²) in [6, 6.07) is 9.75. The van der Waals surface area contributed by atoms with Gasteiger partial charge in [0.15, 0.2) is 12.2 Å². The van der Waals surface area contributed by atoms with Crippen molar-refractivity contribution in [1.29, 1.82) is 0 Å². The van der Waals surface area contributed by atoms with Gasteiger partial charge in [0.2, 0.25) is 0 Å². The summed E-state index contributed by atoms with van der Waals surface area (Å²) in [7, 11) is 1.91. The summed E-state index contributed by atoms with van der Waals surface area (Å²) in [5.41, 5.74) is 4.04. The Morgan fingerprint density at radius 3 is 2.67 bits per heavy atom. The van der Waals surface area contributed by atoms with Gasteiger partial charge in [0.25, 0.3) is 0 Å². The number of ether oxygens (including phenoxy) is 1. The third-order valence-electron chi connectivity index (χ3n) is 4.04. The molecule has 0 aliphatic rings. The Morgan fingerprint density at radius 2 is 1.96 bits per heavy atom. The zero-order valence-electron chi connectivity index (χ0n) is 13.9. The molecule has 0 amide bonds. The molecule has 0 aliphatic heterocycles. The highest BCUT2D eigenvalue weighted by Gasteiger charge is 2.12. The smallest absolute Gasteiger partial charge is 0.181 e. The molecule has 3 rings (SSSR count). The van der Waals surface area contributed by atoms with E-state index >= 15 is 0 Å². The minimum Gasteiger partial charge on any atom is -0.457 e. The highest BCUT2D eigenvalue weighted by Crippen LogP contribution is 2.34. The summed E-state index contributed by atoms with van der Waals surface area (Å²) in [6.45, 7) is 4.70. The topological polar surface area (TPSA) is 47.3 Å². The number of aromatic nitrogens is 1. The lowest BCUT2D eigenvalue weighted by Gasteiger charge is -2.15. The number of nitrogens with one attached hydrogen (secondary N) is 1. The maximum absolute atomic E-state index is 6.21. The largest absolute Gasteiger partial charge is 0.457 e. The first-order valence-electron chi connectivity index (χ1n) is 7.70. The molecular weight excluding hydrogens is 324 g/mol. The van der Waals surface area contributed by atoms with Crippen molar-refractivity contribution in [3.05, 3.63) is 64.6 Å². The average Bonchev–Trinajstić information content (AvgIpc) is 3.11. The molecule has 1 heterocycles. The fraction of sp³-hybridized carbons (Fsp3) is 0.211. The van der Waals surface area contributed by atoms with Crippen LogP contribution in [0, 0.1) is 13.8 Å². The van der Waals surface area contributed by atoms with Gasteiger partial charge in [0.05, 0.1) is 6.20 Å². The Labute approximate surface area is 146 Å². The number of rotatable bonds is 5. The van der Waals surface area contributed by atoms with E-state index in [1.807, 2.05) is 51.2 Å². The van der Waals surface area contributed by atoms with Gasteiger partial charge in [0.1, 0.15) is 11.5 Å². The number of oxazole rings is 1. The molecule has 0 spiro atoms. The highest BCUT2D eigenvalue weighted by atomic mass is 35.5. The van der Waals surface area contributed by atoms with Crippen molar-refractivity contribution in [2.75, 3.05) is 7.05 Å². The third-order valence-corrected chi connectivity index (χ3v) is 4.45. The van der Waals surface area contributed by atoms with E-state index in [4.69, 9.17) is 20.8 Å². The zero-order chi connectivity index (χ0) is 17.1. The van der Waals surface area contributed by atoms with Crippen LogP contribution in [-0.4, -0.2) is 12.0 Å². The van der Waals surface area contributed by atoms with Crippen molar-refractivity contribution in [1.82, 2.24) is 10.3 Å². The van der Waals surface area contributed by atoms with Crippen LogP contribution in [0.5, 0.6) is 11.5 Å². The normalized spacial score (nSPS) is 10.8. The van der Waals surface area contributed by atoms with Crippen LogP contribution in [0.25, 0.3) is 11.3 Å². The van der Waals surface area contributed by atoms with Gasteiger partial charge in [-0.15, -0.1) is 0 Å². The fourth-order valence-corrected chi connectivity index (χ4v) is 2.69. The molecule has 1 aromatic heterocycles. The van der Waals surface area contributed by atoms with Gasteiger partial charge < -0.3 is 14.5 Å². The van der Waals surface area contributed by atoms with Crippen molar-refractivity contribution in [2.45, 2.75) is 20.4 Å². The predicted octanol–water partition coefficient (Wildman–Crippen LogP) is 5.12. The first-order chi connectivity index (χ1) is 11.6. The van der Waals surface area contributed by atoms with E-state index in [9.17, 15) is 0 Å². The number of benzene rings is 2. The van der Waals surface area contributed by atoms with Crippen molar-refractivity contribution in [3.8, 4) is 22.8 Å². The second-order valence-corrected chi connectivity index (χ2v) is 6.02. The molecule has 5 heteroatoms. The molecule has 0 atom stereocenters. The Morgan fingerprint density at radius 1 is 1.12 bits per heavy atom. The molecule has 1 N–H and O–H groups in total. The van der Waals surface area contributed by atoms with Crippen molar-refractivity contribution in [3.63, 3.8) is 0 Å². The van der Waals surface area contributed by atoms with E-state index in [2.05, 4.69) is 10.3 Å². The fourth-order valence-electron chi connectivity index (χ4n) is 2.49. The number of nitrogens with zero attached hydrogens (tertiary/aromatic N) is 1. The van der Waals surface area contributed by atoms with E-state index < -0.39 is 0 Å². The van der Waals surface area contributed by atoms with Crippen LogP contribution in [0.15, 0.2) is 47.3 Å². The lowest BCUT2D eigenvalue weighted by atomic mass is 10.1. The maximum atomic E-state index is 6.21. The molecular formula is C19H19ClN2O2. The molecule has 0 unspecified atom stereocenters. The minimum atomic E-state index is 0.706. The molecule has 2 aromatic carbocycles. The van der Waals surface area contributed by atoms with Crippen LogP contribution in [0.1, 0.15) is 16.7 Å². The van der Waals surface area contributed by atoms with Crippen LogP contribution in [0.4, 0.5) is 0 Å². The molecule has 0 fully saturated rings. The van der Waals surface area contributed by atoms with E-state index in [-0.39, 0.29) is 0 Å². The predicted molar refractivity (Wildman–Crippen MR) is 95.7 cm³/mol. The lowest BCUT2D eigenvalue weighted by Crippen LogP contribution is -2.06. The third kappa shape index (κ3) is 3.30. The molecule has 0 bridgehead atoms. The average molecular weight is 343 g/mol. The molecule has 0 aliphatic carbocycles. The lowest BCUT2D eigenvalue weighted by molar-refractivity contribution is 0.470. The monoisotopic (exact) mass is 342 g/mol. The van der Waals surface area contributed by atoms with Gasteiger partial charge in [0, 0.05) is 22.7 Å². The van der Waals surface area contributed by atoms with Gasteiger partial charge >= 0.3 is 0 Å². The van der Waals surface area contributed by atoms with E-state index in [1.54, 1.807) is 6.20 Å². The van der Waals surface area contributed by atoms with Gasteiger partial charge in [-0.05, 0) is 50.2 Å². The van der Waals surface area contributed by atoms with Crippen molar-refractivity contribution >= 4 is 11.6 Å². The number of hydrogen-bond acceptors (Lipinski definition) is 4. The highest BCUT2D eigenvalue weighted by molar-refractivity contribution is 6.31. The van der Waals surface area contributed by atoms with Crippen LogP contribution in [-0.2, 0) is 6.54 Å².